The maximum Gasteiger partial charge on any atom is 0.320 e. The number of aliphatic hydroxyl groups excluding tert-OH is 3. The van der Waals surface area contributed by atoms with Gasteiger partial charge in [-0.2, -0.15) is 11.8 Å². The Labute approximate surface area is 175 Å². The van der Waals surface area contributed by atoms with Crippen LogP contribution in [-0.2, 0) is 14.4 Å². The smallest absolute Gasteiger partial charge is 0.320 e. The Morgan fingerprint density at radius 1 is 0.931 bits per heavy atom. The van der Waals surface area contributed by atoms with E-state index >= 15 is 0 Å². The van der Waals surface area contributed by atoms with Crippen molar-refractivity contribution in [2.75, 3.05) is 31.8 Å². The lowest BCUT2D eigenvalue weighted by atomic mass is 10.1. The number of hydrogen-bond donors (Lipinski definition) is 9. The van der Waals surface area contributed by atoms with E-state index in [0.29, 0.717) is 18.8 Å². The summed E-state index contributed by atoms with van der Waals surface area (Å²) in [5, 5.41) is 48.2. The molecule has 0 saturated heterocycles. The Morgan fingerprint density at radius 2 is 1.31 bits per heavy atom. The third kappa shape index (κ3) is 37.9. The van der Waals surface area contributed by atoms with E-state index in [1.54, 1.807) is 11.8 Å². The molecule has 0 amide bonds. The number of carboxylic acids is 3. The maximum absolute atomic E-state index is 10.1. The molecule has 2 unspecified atom stereocenters. The van der Waals surface area contributed by atoms with Crippen LogP contribution in [0, 0.1) is 5.92 Å². The van der Waals surface area contributed by atoms with Gasteiger partial charge in [0.15, 0.2) is 0 Å². The number of rotatable bonds is 10. The molecule has 0 aliphatic heterocycles. The first-order valence-corrected chi connectivity index (χ1v) is 9.97. The molecule has 12 N–H and O–H groups in total. The summed E-state index contributed by atoms with van der Waals surface area (Å²) in [4.78, 5) is 29.4. The molecule has 0 heterocycles. The van der Waals surface area contributed by atoms with Crippen LogP contribution in [0.4, 0.5) is 0 Å². The Hall–Kier alpha value is -1.48. The van der Waals surface area contributed by atoms with Gasteiger partial charge < -0.3 is 47.8 Å². The topological polar surface area (TPSA) is 251 Å². The molecule has 0 aliphatic carbocycles. The highest BCUT2D eigenvalue weighted by Gasteiger charge is 2.12. The third-order valence-electron chi connectivity index (χ3n) is 2.59. The van der Waals surface area contributed by atoms with Crippen molar-refractivity contribution in [3.63, 3.8) is 0 Å². The monoisotopic (exact) mass is 447 g/mol. The molecule has 0 aliphatic rings. The van der Waals surface area contributed by atoms with E-state index in [2.05, 4.69) is 5.73 Å². The first-order chi connectivity index (χ1) is 13.3. The molecular weight excluding hydrogens is 410 g/mol. The highest BCUT2D eigenvalue weighted by atomic mass is 32.2. The summed E-state index contributed by atoms with van der Waals surface area (Å²) in [5.74, 6) is -1.62. The SMILES string of the molecule is CC(C)CC(N)C(=O)O.CSCCC(N)C(=O)O.NCC(=O)O.OCC(O)CO. The van der Waals surface area contributed by atoms with Crippen molar-refractivity contribution in [2.45, 2.75) is 44.9 Å². The second-order valence-corrected chi connectivity index (χ2v) is 6.90. The van der Waals surface area contributed by atoms with Gasteiger partial charge in [-0.1, -0.05) is 13.8 Å². The fourth-order valence-electron chi connectivity index (χ4n) is 1.03. The predicted molar refractivity (Wildman–Crippen MR) is 111 cm³/mol. The molecule has 0 spiro atoms. The van der Waals surface area contributed by atoms with Crippen LogP contribution < -0.4 is 17.2 Å². The largest absolute Gasteiger partial charge is 0.480 e. The summed E-state index contributed by atoms with van der Waals surface area (Å²) in [5.41, 5.74) is 15.0. The molecule has 0 fully saturated rings. The normalized spacial score (nSPS) is 11.7. The fraction of sp³-hybridized carbons (Fsp3) is 0.812. The summed E-state index contributed by atoms with van der Waals surface area (Å²) in [6.07, 6.45) is 2.07. The highest BCUT2D eigenvalue weighted by molar-refractivity contribution is 7.98. The molecule has 0 radical (unpaired) electrons. The van der Waals surface area contributed by atoms with E-state index in [1.807, 2.05) is 20.1 Å². The van der Waals surface area contributed by atoms with Crippen LogP contribution in [0.15, 0.2) is 0 Å². The molecule has 0 saturated carbocycles. The summed E-state index contributed by atoms with van der Waals surface area (Å²) < 4.78 is 0. The molecule has 0 bridgehead atoms. The third-order valence-corrected chi connectivity index (χ3v) is 3.23. The number of nitrogens with two attached hydrogens (primary N) is 3. The van der Waals surface area contributed by atoms with Crippen molar-refractivity contribution in [3.05, 3.63) is 0 Å². The lowest BCUT2D eigenvalue weighted by Crippen LogP contribution is -2.31. The molecular formula is C16H37N3O9S. The molecule has 2 atom stereocenters. The van der Waals surface area contributed by atoms with Crippen LogP contribution in [-0.4, -0.2) is 98.5 Å². The Bertz CT molecular complexity index is 411. The van der Waals surface area contributed by atoms with Gasteiger partial charge in [-0.05, 0) is 30.8 Å². The van der Waals surface area contributed by atoms with Crippen molar-refractivity contribution in [1.82, 2.24) is 0 Å². The number of carboxylic acid groups (broad SMARTS) is 3. The molecule has 13 heteroatoms. The van der Waals surface area contributed by atoms with Crippen LogP contribution in [0.5, 0.6) is 0 Å². The minimum atomic E-state index is -0.968. The van der Waals surface area contributed by atoms with Gasteiger partial charge in [0, 0.05) is 0 Å². The van der Waals surface area contributed by atoms with Gasteiger partial charge in [0.05, 0.1) is 19.8 Å². The van der Waals surface area contributed by atoms with E-state index in [4.69, 9.17) is 42.1 Å². The van der Waals surface area contributed by atoms with Crippen LogP contribution >= 0.6 is 11.8 Å². The van der Waals surface area contributed by atoms with Crippen LogP contribution in [0.3, 0.4) is 0 Å². The maximum atomic E-state index is 10.1. The predicted octanol–water partition coefficient (Wildman–Crippen LogP) is -2.04. The molecule has 0 aromatic rings. The number of aliphatic carboxylic acids is 3. The van der Waals surface area contributed by atoms with Gasteiger partial charge in [-0.3, -0.25) is 14.4 Å². The highest BCUT2D eigenvalue weighted by Crippen LogP contribution is 2.01. The summed E-state index contributed by atoms with van der Waals surface area (Å²) >= 11 is 1.60. The Balaban J connectivity index is -0.000000148. The van der Waals surface area contributed by atoms with E-state index in [0.717, 1.165) is 5.75 Å². The van der Waals surface area contributed by atoms with Crippen molar-refractivity contribution in [3.8, 4) is 0 Å². The van der Waals surface area contributed by atoms with Crippen LogP contribution in [0.25, 0.3) is 0 Å². The van der Waals surface area contributed by atoms with Crippen molar-refractivity contribution < 1.29 is 45.0 Å². The minimum absolute atomic E-state index is 0.278. The van der Waals surface area contributed by atoms with Gasteiger partial charge >= 0.3 is 17.9 Å². The molecule has 176 valence electrons. The summed E-state index contributed by atoms with van der Waals surface area (Å²) in [6.45, 7) is 2.89. The molecule has 29 heavy (non-hydrogen) atoms. The van der Waals surface area contributed by atoms with E-state index < -0.39 is 36.1 Å². The van der Waals surface area contributed by atoms with Crippen molar-refractivity contribution >= 4 is 29.7 Å². The standard InChI is InChI=1S/C6H13NO2.C5H11NO2S.C3H8O3.C2H5NO2/c1-4(2)3-5(7)6(8)9;1-9-3-2-4(6)5(7)8;4-1-3(6)2-5;3-1-2(4)5/h4-5H,3,7H2,1-2H3,(H,8,9);4H,2-3,6H2,1H3,(H,7,8);3-6H,1-2H2;1,3H2,(H,4,5). The summed E-state index contributed by atoms with van der Waals surface area (Å²) in [6, 6.07) is -1.37. The first-order valence-electron chi connectivity index (χ1n) is 8.57. The van der Waals surface area contributed by atoms with E-state index in [9.17, 15) is 14.4 Å². The van der Waals surface area contributed by atoms with E-state index in [1.165, 1.54) is 0 Å². The van der Waals surface area contributed by atoms with E-state index in [-0.39, 0.29) is 19.8 Å². The number of hydrogen-bond acceptors (Lipinski definition) is 10. The van der Waals surface area contributed by atoms with Gasteiger partial charge in [-0.25, -0.2) is 0 Å². The van der Waals surface area contributed by atoms with Crippen molar-refractivity contribution in [2.24, 2.45) is 23.1 Å². The average molecular weight is 448 g/mol. The zero-order valence-electron chi connectivity index (χ0n) is 17.1. The van der Waals surface area contributed by atoms with Gasteiger partial charge in [0.25, 0.3) is 0 Å². The van der Waals surface area contributed by atoms with Crippen LogP contribution in [0.2, 0.25) is 0 Å². The lowest BCUT2D eigenvalue weighted by molar-refractivity contribution is -0.139. The Kier molecular flexibility index (Phi) is 29.6. The van der Waals surface area contributed by atoms with Crippen molar-refractivity contribution in [1.29, 1.82) is 0 Å². The molecule has 0 aromatic carbocycles. The fourth-order valence-corrected chi connectivity index (χ4v) is 1.52. The first kappa shape index (κ1) is 35.0. The number of carbonyl (C=O) groups is 3. The van der Waals surface area contributed by atoms with Gasteiger partial charge in [-0.15, -0.1) is 0 Å². The van der Waals surface area contributed by atoms with Crippen LogP contribution in [0.1, 0.15) is 26.7 Å². The zero-order valence-corrected chi connectivity index (χ0v) is 17.9. The van der Waals surface area contributed by atoms with Gasteiger partial charge in [0.2, 0.25) is 0 Å². The minimum Gasteiger partial charge on any atom is -0.480 e. The quantitative estimate of drug-likeness (QED) is 0.175. The zero-order chi connectivity index (χ0) is 24.0. The second kappa shape index (κ2) is 24.6. The average Bonchev–Trinajstić information content (AvgIpc) is 2.65. The number of aliphatic hydroxyl groups is 3. The molecule has 0 rings (SSSR count). The Morgan fingerprint density at radius 3 is 1.45 bits per heavy atom. The molecule has 0 aromatic heterocycles. The summed E-state index contributed by atoms with van der Waals surface area (Å²) in [7, 11) is 0. The molecule has 12 nitrogen and oxygen atoms in total. The second-order valence-electron chi connectivity index (χ2n) is 5.92. The number of thioether (sulfide) groups is 1. The lowest BCUT2D eigenvalue weighted by Gasteiger charge is -2.07. The van der Waals surface area contributed by atoms with Gasteiger partial charge in [0.1, 0.15) is 18.2 Å².